The third-order valence-corrected chi connectivity index (χ3v) is 4.45. The van der Waals surface area contributed by atoms with Crippen LogP contribution in [0, 0.1) is 0 Å². The fraction of sp³-hybridized carbons (Fsp3) is 0.625. The molecule has 2 fully saturated rings. The largest absolute Gasteiger partial charge is 0.339 e. The van der Waals surface area contributed by atoms with Crippen molar-refractivity contribution >= 4 is 18.3 Å². The van der Waals surface area contributed by atoms with Gasteiger partial charge < -0.3 is 10.2 Å². The number of pyridine rings is 1. The molecule has 1 aromatic heterocycles. The summed E-state index contributed by atoms with van der Waals surface area (Å²) in [5.74, 6) is 0.304. The Balaban J connectivity index is 0.00000176. The summed E-state index contributed by atoms with van der Waals surface area (Å²) in [6.45, 7) is 5.55. The van der Waals surface area contributed by atoms with Gasteiger partial charge in [-0.2, -0.15) is 0 Å². The number of nitrogens with zero attached hydrogens (tertiary/aromatic N) is 3. The Morgan fingerprint density at radius 2 is 1.91 bits per heavy atom. The molecule has 2 aliphatic heterocycles. The van der Waals surface area contributed by atoms with Crippen LogP contribution >= 0.6 is 12.4 Å². The highest BCUT2D eigenvalue weighted by atomic mass is 35.5. The number of halogens is 1. The lowest BCUT2D eigenvalue weighted by molar-refractivity contribution is -0.135. The van der Waals surface area contributed by atoms with Gasteiger partial charge in [-0.05, 0) is 37.1 Å². The van der Waals surface area contributed by atoms with E-state index < -0.39 is 0 Å². The fourth-order valence-electron chi connectivity index (χ4n) is 3.16. The van der Waals surface area contributed by atoms with Crippen LogP contribution in [0.15, 0.2) is 24.5 Å². The van der Waals surface area contributed by atoms with Crippen molar-refractivity contribution in [2.24, 2.45) is 0 Å². The first kappa shape index (κ1) is 17.2. The van der Waals surface area contributed by atoms with Crippen LogP contribution in [0.4, 0.5) is 0 Å². The van der Waals surface area contributed by atoms with Gasteiger partial charge >= 0.3 is 0 Å². The van der Waals surface area contributed by atoms with Crippen molar-refractivity contribution in [3.63, 3.8) is 0 Å². The van der Waals surface area contributed by atoms with Crippen LogP contribution in [-0.2, 0) is 11.3 Å². The maximum atomic E-state index is 12.5. The quantitative estimate of drug-likeness (QED) is 0.910. The second-order valence-electron chi connectivity index (χ2n) is 5.96. The molecule has 22 heavy (non-hydrogen) atoms. The monoisotopic (exact) mass is 324 g/mol. The number of amides is 1. The van der Waals surface area contributed by atoms with Crippen LogP contribution in [0.3, 0.4) is 0 Å². The Labute approximate surface area is 138 Å². The predicted octanol–water partition coefficient (Wildman–Crippen LogP) is 1.29. The molecule has 1 N–H and O–H groups in total. The molecule has 0 radical (unpaired) electrons. The first-order valence-corrected chi connectivity index (χ1v) is 7.96. The van der Waals surface area contributed by atoms with E-state index in [2.05, 4.69) is 27.3 Å². The number of hydrogen-bond donors (Lipinski definition) is 1. The number of piperidine rings is 1. The summed E-state index contributed by atoms with van der Waals surface area (Å²) in [6, 6.07) is 4.18. The van der Waals surface area contributed by atoms with E-state index in [1.165, 1.54) is 18.4 Å². The van der Waals surface area contributed by atoms with E-state index in [1.807, 2.05) is 17.3 Å². The van der Waals surface area contributed by atoms with Crippen molar-refractivity contribution in [1.29, 1.82) is 0 Å². The number of hydrogen-bond acceptors (Lipinski definition) is 4. The molecule has 1 unspecified atom stereocenters. The number of aromatic nitrogens is 1. The van der Waals surface area contributed by atoms with Gasteiger partial charge in [0.25, 0.3) is 0 Å². The Morgan fingerprint density at radius 3 is 2.55 bits per heavy atom. The number of carbonyl (C=O) groups excluding carboxylic acids is 1. The van der Waals surface area contributed by atoms with Gasteiger partial charge in [-0.25, -0.2) is 0 Å². The highest BCUT2D eigenvalue weighted by Gasteiger charge is 2.28. The van der Waals surface area contributed by atoms with Gasteiger partial charge in [0, 0.05) is 45.1 Å². The van der Waals surface area contributed by atoms with Crippen LogP contribution in [0.25, 0.3) is 0 Å². The lowest BCUT2D eigenvalue weighted by atomic mass is 10.0. The first-order valence-electron chi connectivity index (χ1n) is 7.96. The normalized spacial score (nSPS) is 22.9. The van der Waals surface area contributed by atoms with Crippen molar-refractivity contribution in [2.45, 2.75) is 31.8 Å². The summed E-state index contributed by atoms with van der Waals surface area (Å²) in [5, 5.41) is 3.36. The fourth-order valence-corrected chi connectivity index (χ4v) is 3.16. The Bertz CT molecular complexity index is 456. The minimum atomic E-state index is 0. The minimum absolute atomic E-state index is 0. The lowest BCUT2D eigenvalue weighted by Gasteiger charge is -2.37. The van der Waals surface area contributed by atoms with Crippen LogP contribution in [0.5, 0.6) is 0 Å². The maximum Gasteiger partial charge on any atom is 0.239 e. The molecule has 6 heteroatoms. The lowest BCUT2D eigenvalue weighted by Crippen LogP contribution is -2.54. The van der Waals surface area contributed by atoms with Gasteiger partial charge in [-0.3, -0.25) is 14.7 Å². The van der Waals surface area contributed by atoms with Crippen LogP contribution < -0.4 is 5.32 Å². The van der Waals surface area contributed by atoms with Crippen molar-refractivity contribution < 1.29 is 4.79 Å². The second-order valence-corrected chi connectivity index (χ2v) is 5.96. The molecule has 2 aliphatic rings. The average Bonchev–Trinajstić information content (AvgIpc) is 2.57. The summed E-state index contributed by atoms with van der Waals surface area (Å²) in [4.78, 5) is 20.9. The molecule has 2 saturated heterocycles. The van der Waals surface area contributed by atoms with E-state index in [1.54, 1.807) is 0 Å². The van der Waals surface area contributed by atoms with E-state index in [-0.39, 0.29) is 18.4 Å². The third kappa shape index (κ3) is 4.41. The van der Waals surface area contributed by atoms with Crippen LogP contribution in [0.2, 0.25) is 0 Å². The van der Waals surface area contributed by atoms with Crippen LogP contribution in [0.1, 0.15) is 24.8 Å². The summed E-state index contributed by atoms with van der Waals surface area (Å²) in [5.41, 5.74) is 1.29. The second kappa shape index (κ2) is 8.46. The summed E-state index contributed by atoms with van der Waals surface area (Å²) in [6.07, 6.45) is 7.04. The predicted molar refractivity (Wildman–Crippen MR) is 89.0 cm³/mol. The molecule has 3 rings (SSSR count). The van der Waals surface area contributed by atoms with Gasteiger partial charge in [0.15, 0.2) is 0 Å². The summed E-state index contributed by atoms with van der Waals surface area (Å²) < 4.78 is 0. The number of carbonyl (C=O) groups is 1. The minimum Gasteiger partial charge on any atom is -0.339 e. The molecule has 1 aromatic rings. The molecule has 122 valence electrons. The first-order chi connectivity index (χ1) is 10.3. The van der Waals surface area contributed by atoms with Crippen molar-refractivity contribution in [1.82, 2.24) is 20.1 Å². The molecule has 5 nitrogen and oxygen atoms in total. The molecule has 0 aromatic carbocycles. The zero-order valence-electron chi connectivity index (χ0n) is 12.9. The molecule has 1 atom stereocenters. The van der Waals surface area contributed by atoms with E-state index in [0.717, 1.165) is 45.7 Å². The molecule has 0 saturated carbocycles. The van der Waals surface area contributed by atoms with E-state index in [4.69, 9.17) is 0 Å². The van der Waals surface area contributed by atoms with E-state index in [9.17, 15) is 4.79 Å². The zero-order chi connectivity index (χ0) is 14.5. The number of piperazine rings is 1. The highest BCUT2D eigenvalue weighted by Crippen LogP contribution is 2.13. The van der Waals surface area contributed by atoms with Crippen molar-refractivity contribution in [2.75, 3.05) is 32.7 Å². The topological polar surface area (TPSA) is 48.5 Å². The van der Waals surface area contributed by atoms with Gasteiger partial charge in [0.2, 0.25) is 5.91 Å². The highest BCUT2D eigenvalue weighted by molar-refractivity contribution is 5.85. The van der Waals surface area contributed by atoms with Crippen molar-refractivity contribution in [3.8, 4) is 0 Å². The maximum absolute atomic E-state index is 12.5. The SMILES string of the molecule is Cl.O=C(C1CCCCN1)N1CCN(Cc2ccncc2)CC1. The zero-order valence-corrected chi connectivity index (χ0v) is 13.7. The van der Waals surface area contributed by atoms with Gasteiger partial charge in [0.05, 0.1) is 6.04 Å². The molecular weight excluding hydrogens is 300 g/mol. The molecule has 0 aliphatic carbocycles. The number of rotatable bonds is 3. The van der Waals surface area contributed by atoms with E-state index >= 15 is 0 Å². The average molecular weight is 325 g/mol. The van der Waals surface area contributed by atoms with Crippen LogP contribution in [-0.4, -0.2) is 59.5 Å². The van der Waals surface area contributed by atoms with Gasteiger partial charge in [0.1, 0.15) is 0 Å². The summed E-state index contributed by atoms with van der Waals surface area (Å²) >= 11 is 0. The third-order valence-electron chi connectivity index (χ3n) is 4.45. The molecule has 0 spiro atoms. The molecule has 0 bridgehead atoms. The number of nitrogens with one attached hydrogen (secondary N) is 1. The molecule has 1 amide bonds. The summed E-state index contributed by atoms with van der Waals surface area (Å²) in [7, 11) is 0. The smallest absolute Gasteiger partial charge is 0.239 e. The Kier molecular flexibility index (Phi) is 6.61. The van der Waals surface area contributed by atoms with Gasteiger partial charge in [-0.1, -0.05) is 6.42 Å². The standard InChI is InChI=1S/C16H24N4O.ClH/c21-16(15-3-1-2-6-18-15)20-11-9-19(10-12-20)13-14-4-7-17-8-5-14;/h4-5,7-8,15,18H,1-3,6,9-13H2;1H. The van der Waals surface area contributed by atoms with Crippen molar-refractivity contribution in [3.05, 3.63) is 30.1 Å². The molecule has 3 heterocycles. The Morgan fingerprint density at radius 1 is 1.18 bits per heavy atom. The van der Waals surface area contributed by atoms with E-state index in [0.29, 0.717) is 5.91 Å². The van der Waals surface area contributed by atoms with Gasteiger partial charge in [-0.15, -0.1) is 12.4 Å². The Hall–Kier alpha value is -1.17. The molecular formula is C16H25ClN4O.